The zero-order chi connectivity index (χ0) is 17.7. The fourth-order valence-electron chi connectivity index (χ4n) is 3.82. The smallest absolute Gasteiger partial charge is 0.150 e. The summed E-state index contributed by atoms with van der Waals surface area (Å²) in [4.78, 5) is 9.13. The number of pyridine rings is 2. The van der Waals surface area contributed by atoms with Gasteiger partial charge in [0.05, 0.1) is 18.2 Å². The van der Waals surface area contributed by atoms with Crippen molar-refractivity contribution in [3.8, 4) is 0 Å². The van der Waals surface area contributed by atoms with Crippen molar-refractivity contribution in [3.05, 3.63) is 77.0 Å². The Bertz CT molecular complexity index is 1150. The van der Waals surface area contributed by atoms with Crippen molar-refractivity contribution in [2.75, 3.05) is 5.73 Å². The van der Waals surface area contributed by atoms with Gasteiger partial charge in [0, 0.05) is 23.4 Å². The molecule has 0 amide bonds. The van der Waals surface area contributed by atoms with Gasteiger partial charge in [-0.3, -0.25) is 4.98 Å². The van der Waals surface area contributed by atoms with Crippen molar-refractivity contribution in [2.45, 2.75) is 26.1 Å². The summed E-state index contributed by atoms with van der Waals surface area (Å²) in [6, 6.07) is 16.9. The molecular weight excluding hydrogens is 322 g/mol. The number of anilines is 1. The molecule has 4 nitrogen and oxygen atoms in total. The number of hydrogen-bond donors (Lipinski definition) is 1. The second kappa shape index (κ2) is 5.78. The SMILES string of the molecule is Cc1ccc2c(c1)nc(N)c1ncc(CC3OCc4ccccc43)cc12. The molecular formula is C22H19N3O. The second-order valence-electron chi connectivity index (χ2n) is 6.96. The number of rotatable bonds is 2. The Morgan fingerprint density at radius 2 is 2.00 bits per heavy atom. The minimum Gasteiger partial charge on any atom is -0.382 e. The Morgan fingerprint density at radius 1 is 1.12 bits per heavy atom. The van der Waals surface area contributed by atoms with Crippen LogP contribution >= 0.6 is 0 Å². The molecule has 0 fully saturated rings. The van der Waals surface area contributed by atoms with E-state index in [2.05, 4.69) is 65.4 Å². The van der Waals surface area contributed by atoms with E-state index in [4.69, 9.17) is 10.5 Å². The van der Waals surface area contributed by atoms with Crippen molar-refractivity contribution < 1.29 is 4.74 Å². The molecule has 1 aliphatic rings. The van der Waals surface area contributed by atoms with Crippen LogP contribution in [0.5, 0.6) is 0 Å². The highest BCUT2D eigenvalue weighted by atomic mass is 16.5. The molecule has 2 aromatic carbocycles. The molecule has 26 heavy (non-hydrogen) atoms. The van der Waals surface area contributed by atoms with Gasteiger partial charge >= 0.3 is 0 Å². The molecule has 5 rings (SSSR count). The minimum atomic E-state index is 0.0816. The van der Waals surface area contributed by atoms with Crippen LogP contribution in [0.4, 0.5) is 5.82 Å². The number of ether oxygens (including phenoxy) is 1. The third kappa shape index (κ3) is 2.42. The van der Waals surface area contributed by atoms with Crippen molar-refractivity contribution >= 4 is 27.6 Å². The van der Waals surface area contributed by atoms with Gasteiger partial charge < -0.3 is 10.5 Å². The molecule has 0 saturated heterocycles. The molecule has 128 valence electrons. The fraction of sp³-hybridized carbons (Fsp3) is 0.182. The van der Waals surface area contributed by atoms with Gasteiger partial charge in [-0.2, -0.15) is 0 Å². The number of hydrogen-bond acceptors (Lipinski definition) is 4. The fourth-order valence-corrected chi connectivity index (χ4v) is 3.82. The zero-order valence-electron chi connectivity index (χ0n) is 14.6. The summed E-state index contributed by atoms with van der Waals surface area (Å²) in [6.07, 6.45) is 2.78. The summed E-state index contributed by atoms with van der Waals surface area (Å²) in [5.74, 6) is 0.479. The van der Waals surface area contributed by atoms with E-state index in [1.54, 1.807) is 0 Å². The van der Waals surface area contributed by atoms with Crippen LogP contribution < -0.4 is 5.73 Å². The van der Waals surface area contributed by atoms with E-state index >= 15 is 0 Å². The van der Waals surface area contributed by atoms with Crippen molar-refractivity contribution in [2.24, 2.45) is 0 Å². The summed E-state index contributed by atoms with van der Waals surface area (Å²) >= 11 is 0. The Kier molecular flexibility index (Phi) is 3.40. The molecule has 0 bridgehead atoms. The Morgan fingerprint density at radius 3 is 2.92 bits per heavy atom. The summed E-state index contributed by atoms with van der Waals surface area (Å²) in [7, 11) is 0. The predicted octanol–water partition coefficient (Wildman–Crippen LogP) is 4.49. The molecule has 1 unspecified atom stereocenters. The number of aryl methyl sites for hydroxylation is 1. The molecule has 0 saturated carbocycles. The van der Waals surface area contributed by atoms with Crippen LogP contribution in [-0.4, -0.2) is 9.97 Å². The maximum Gasteiger partial charge on any atom is 0.150 e. The zero-order valence-corrected chi connectivity index (χ0v) is 14.6. The van der Waals surface area contributed by atoms with Gasteiger partial charge in [0.2, 0.25) is 0 Å². The van der Waals surface area contributed by atoms with E-state index in [0.717, 1.165) is 33.8 Å². The van der Waals surface area contributed by atoms with Crippen LogP contribution in [0.2, 0.25) is 0 Å². The van der Waals surface area contributed by atoms with Gasteiger partial charge in [0.25, 0.3) is 0 Å². The first-order valence-corrected chi connectivity index (χ1v) is 8.83. The minimum absolute atomic E-state index is 0.0816. The van der Waals surface area contributed by atoms with Crippen molar-refractivity contribution in [1.29, 1.82) is 0 Å². The first-order chi connectivity index (χ1) is 12.7. The average Bonchev–Trinajstić information content (AvgIpc) is 3.04. The summed E-state index contributed by atoms with van der Waals surface area (Å²) in [5, 5.41) is 2.14. The lowest BCUT2D eigenvalue weighted by Crippen LogP contribution is -2.02. The van der Waals surface area contributed by atoms with E-state index in [-0.39, 0.29) is 6.10 Å². The molecule has 0 spiro atoms. The molecule has 2 N–H and O–H groups in total. The summed E-state index contributed by atoms with van der Waals surface area (Å²) in [5.41, 5.74) is 12.7. The van der Waals surface area contributed by atoms with Crippen LogP contribution in [0, 0.1) is 6.92 Å². The Balaban J connectivity index is 1.61. The number of fused-ring (bicyclic) bond motifs is 4. The second-order valence-corrected chi connectivity index (χ2v) is 6.96. The Hall–Kier alpha value is -2.98. The normalized spacial score (nSPS) is 16.3. The van der Waals surface area contributed by atoms with E-state index in [1.165, 1.54) is 16.7 Å². The molecule has 1 aliphatic heterocycles. The van der Waals surface area contributed by atoms with Crippen LogP contribution in [0.15, 0.2) is 54.7 Å². The van der Waals surface area contributed by atoms with Gasteiger partial charge in [-0.05, 0) is 41.3 Å². The molecule has 1 atom stereocenters. The lowest BCUT2D eigenvalue weighted by Gasteiger charge is -2.13. The quantitative estimate of drug-likeness (QED) is 0.546. The van der Waals surface area contributed by atoms with Gasteiger partial charge in [-0.15, -0.1) is 0 Å². The standard InChI is InChI=1S/C22H19N3O/c1-13-6-7-17-18-9-14(11-24-21(18)22(23)25-19(17)8-13)10-20-16-5-3-2-4-15(16)12-26-20/h2-9,11,20H,10,12H2,1H3,(H2,23,25). The van der Waals surface area contributed by atoms with Crippen LogP contribution in [0.25, 0.3) is 21.8 Å². The highest BCUT2D eigenvalue weighted by molar-refractivity contribution is 6.08. The average molecular weight is 341 g/mol. The van der Waals surface area contributed by atoms with E-state index < -0.39 is 0 Å². The maximum atomic E-state index is 6.15. The molecule has 0 radical (unpaired) electrons. The maximum absolute atomic E-state index is 6.15. The van der Waals surface area contributed by atoms with Crippen LogP contribution in [-0.2, 0) is 17.8 Å². The lowest BCUT2D eigenvalue weighted by atomic mass is 9.99. The first kappa shape index (κ1) is 15.3. The number of nitrogens with zero attached hydrogens (tertiary/aromatic N) is 2. The third-order valence-corrected chi connectivity index (χ3v) is 5.13. The summed E-state index contributed by atoms with van der Waals surface area (Å²) < 4.78 is 6.00. The van der Waals surface area contributed by atoms with Gasteiger partial charge in [-0.25, -0.2) is 4.98 Å². The largest absolute Gasteiger partial charge is 0.382 e. The van der Waals surface area contributed by atoms with Crippen LogP contribution in [0.1, 0.15) is 28.4 Å². The van der Waals surface area contributed by atoms with Gasteiger partial charge in [0.1, 0.15) is 5.52 Å². The number of nitrogens with two attached hydrogens (primary N) is 1. The number of aromatic nitrogens is 2. The number of benzene rings is 2. The predicted molar refractivity (Wildman–Crippen MR) is 104 cm³/mol. The van der Waals surface area contributed by atoms with Crippen molar-refractivity contribution in [1.82, 2.24) is 9.97 Å². The molecule has 2 aromatic heterocycles. The van der Waals surface area contributed by atoms with E-state index in [0.29, 0.717) is 12.4 Å². The Labute approximate surface area is 151 Å². The lowest BCUT2D eigenvalue weighted by molar-refractivity contribution is 0.0665. The number of nitrogen functional groups attached to an aromatic ring is 1. The van der Waals surface area contributed by atoms with E-state index in [1.807, 2.05) is 6.20 Å². The topological polar surface area (TPSA) is 61.0 Å². The molecule has 4 aromatic rings. The highest BCUT2D eigenvalue weighted by Gasteiger charge is 2.23. The summed E-state index contributed by atoms with van der Waals surface area (Å²) in [6.45, 7) is 2.74. The first-order valence-electron chi connectivity index (χ1n) is 8.83. The van der Waals surface area contributed by atoms with Gasteiger partial charge in [-0.1, -0.05) is 36.4 Å². The van der Waals surface area contributed by atoms with E-state index in [9.17, 15) is 0 Å². The molecule has 0 aliphatic carbocycles. The monoisotopic (exact) mass is 341 g/mol. The molecule has 4 heteroatoms. The highest BCUT2D eigenvalue weighted by Crippen LogP contribution is 2.34. The van der Waals surface area contributed by atoms with Crippen LogP contribution in [0.3, 0.4) is 0 Å². The van der Waals surface area contributed by atoms with Crippen molar-refractivity contribution in [3.63, 3.8) is 0 Å². The third-order valence-electron chi connectivity index (χ3n) is 5.13. The van der Waals surface area contributed by atoms with Gasteiger partial charge in [0.15, 0.2) is 5.82 Å². The molecule has 3 heterocycles.